The van der Waals surface area contributed by atoms with Crippen LogP contribution in [0.3, 0.4) is 0 Å². The molecule has 6 heteroatoms. The number of aryl methyl sites for hydroxylation is 2. The lowest BCUT2D eigenvalue weighted by atomic mass is 9.86. The molecule has 0 radical (unpaired) electrons. The number of imidazole rings is 1. The second-order valence-corrected chi connectivity index (χ2v) is 6.07. The van der Waals surface area contributed by atoms with Gasteiger partial charge in [-0.15, -0.1) is 0 Å². The van der Waals surface area contributed by atoms with Crippen molar-refractivity contribution in [1.82, 2.24) is 14.5 Å². The van der Waals surface area contributed by atoms with Crippen molar-refractivity contribution < 1.29 is 14.7 Å². The second-order valence-electron chi connectivity index (χ2n) is 6.07. The van der Waals surface area contributed by atoms with Crippen LogP contribution in [0.15, 0.2) is 12.4 Å². The molecule has 0 bridgehead atoms. The molecule has 1 aromatic rings. The number of carbonyl (C=O) groups is 2. The van der Waals surface area contributed by atoms with Gasteiger partial charge in [-0.1, -0.05) is 13.8 Å². The van der Waals surface area contributed by atoms with Crippen LogP contribution in [0.5, 0.6) is 0 Å². The van der Waals surface area contributed by atoms with Gasteiger partial charge in [-0.25, -0.2) is 4.98 Å². The van der Waals surface area contributed by atoms with Crippen molar-refractivity contribution in [3.8, 4) is 0 Å². The SMILES string of the molecule is Cc1nccn1CCC(=O)N1C[C@H](C(=O)O)[C@@H](C(C)C)C1. The molecule has 1 N–H and O–H groups in total. The molecule has 0 aliphatic carbocycles. The number of carboxylic acids is 1. The number of amides is 1. The molecule has 21 heavy (non-hydrogen) atoms. The van der Waals surface area contributed by atoms with Crippen molar-refractivity contribution in [2.24, 2.45) is 17.8 Å². The highest BCUT2D eigenvalue weighted by Gasteiger charge is 2.40. The monoisotopic (exact) mass is 293 g/mol. The lowest BCUT2D eigenvalue weighted by Gasteiger charge is -2.19. The summed E-state index contributed by atoms with van der Waals surface area (Å²) in [4.78, 5) is 29.4. The van der Waals surface area contributed by atoms with Gasteiger partial charge in [0.25, 0.3) is 0 Å². The van der Waals surface area contributed by atoms with Gasteiger partial charge in [-0.05, 0) is 18.8 Å². The highest BCUT2D eigenvalue weighted by atomic mass is 16.4. The Morgan fingerprint density at radius 2 is 2.14 bits per heavy atom. The van der Waals surface area contributed by atoms with Crippen LogP contribution in [0.4, 0.5) is 0 Å². The summed E-state index contributed by atoms with van der Waals surface area (Å²) in [6.45, 7) is 7.41. The van der Waals surface area contributed by atoms with Crippen molar-refractivity contribution in [1.29, 1.82) is 0 Å². The van der Waals surface area contributed by atoms with E-state index in [9.17, 15) is 14.7 Å². The van der Waals surface area contributed by atoms with E-state index in [1.54, 1.807) is 11.1 Å². The molecular weight excluding hydrogens is 270 g/mol. The van der Waals surface area contributed by atoms with Gasteiger partial charge in [0.1, 0.15) is 5.82 Å². The maximum atomic E-state index is 12.3. The Morgan fingerprint density at radius 3 is 2.62 bits per heavy atom. The third-order valence-electron chi connectivity index (χ3n) is 4.38. The third kappa shape index (κ3) is 3.43. The fourth-order valence-electron chi connectivity index (χ4n) is 2.98. The molecule has 2 atom stereocenters. The predicted octanol–water partition coefficient (Wildman–Crippen LogP) is 1.40. The molecule has 0 unspecified atom stereocenters. The maximum Gasteiger partial charge on any atom is 0.308 e. The molecule has 1 fully saturated rings. The van der Waals surface area contributed by atoms with Gasteiger partial charge in [0.05, 0.1) is 5.92 Å². The summed E-state index contributed by atoms with van der Waals surface area (Å²) in [6.07, 6.45) is 3.95. The van der Waals surface area contributed by atoms with Crippen LogP contribution in [0.1, 0.15) is 26.1 Å². The number of hydrogen-bond acceptors (Lipinski definition) is 3. The number of hydrogen-bond donors (Lipinski definition) is 1. The molecular formula is C15H23N3O3. The zero-order valence-electron chi connectivity index (χ0n) is 12.8. The Hall–Kier alpha value is -1.85. The Kier molecular flexibility index (Phi) is 4.65. The van der Waals surface area contributed by atoms with E-state index in [1.165, 1.54) is 0 Å². The van der Waals surface area contributed by atoms with E-state index in [0.717, 1.165) is 5.82 Å². The zero-order valence-corrected chi connectivity index (χ0v) is 12.8. The summed E-state index contributed by atoms with van der Waals surface area (Å²) in [5.41, 5.74) is 0. The number of rotatable bonds is 5. The topological polar surface area (TPSA) is 75.4 Å². The second kappa shape index (κ2) is 6.28. The smallest absolute Gasteiger partial charge is 0.308 e. The first-order valence-corrected chi connectivity index (χ1v) is 7.38. The lowest BCUT2D eigenvalue weighted by Crippen LogP contribution is -2.30. The van der Waals surface area contributed by atoms with E-state index in [-0.39, 0.29) is 17.7 Å². The summed E-state index contributed by atoms with van der Waals surface area (Å²) >= 11 is 0. The minimum absolute atomic E-state index is 0.0255. The van der Waals surface area contributed by atoms with Gasteiger partial charge in [0.2, 0.25) is 5.91 Å². The van der Waals surface area contributed by atoms with Crippen LogP contribution in [-0.4, -0.2) is 44.5 Å². The van der Waals surface area contributed by atoms with E-state index in [1.807, 2.05) is 31.5 Å². The summed E-state index contributed by atoms with van der Waals surface area (Å²) < 4.78 is 1.93. The number of aliphatic carboxylic acids is 1. The Morgan fingerprint density at radius 1 is 1.43 bits per heavy atom. The lowest BCUT2D eigenvalue weighted by molar-refractivity contribution is -0.143. The number of nitrogens with zero attached hydrogens (tertiary/aromatic N) is 3. The zero-order chi connectivity index (χ0) is 15.6. The largest absolute Gasteiger partial charge is 0.481 e. The maximum absolute atomic E-state index is 12.3. The van der Waals surface area contributed by atoms with Gasteiger partial charge < -0.3 is 14.6 Å². The Labute approximate surface area is 124 Å². The fourth-order valence-corrected chi connectivity index (χ4v) is 2.98. The summed E-state index contributed by atoms with van der Waals surface area (Å²) in [5, 5.41) is 9.30. The van der Waals surface area contributed by atoms with Crippen LogP contribution < -0.4 is 0 Å². The van der Waals surface area contributed by atoms with Crippen molar-refractivity contribution in [2.45, 2.75) is 33.7 Å². The van der Waals surface area contributed by atoms with E-state index in [0.29, 0.717) is 26.1 Å². The molecule has 2 rings (SSSR count). The molecule has 116 valence electrons. The van der Waals surface area contributed by atoms with Crippen molar-refractivity contribution >= 4 is 11.9 Å². The van der Waals surface area contributed by atoms with Gasteiger partial charge in [0, 0.05) is 38.4 Å². The highest BCUT2D eigenvalue weighted by Crippen LogP contribution is 2.30. The number of carboxylic acid groups (broad SMARTS) is 1. The first kappa shape index (κ1) is 15.5. The van der Waals surface area contributed by atoms with Gasteiger partial charge in [-0.2, -0.15) is 0 Å². The molecule has 0 saturated carbocycles. The van der Waals surface area contributed by atoms with Gasteiger partial charge >= 0.3 is 5.97 Å². The molecule has 2 heterocycles. The van der Waals surface area contributed by atoms with Crippen LogP contribution in [0.2, 0.25) is 0 Å². The molecule has 1 saturated heterocycles. The van der Waals surface area contributed by atoms with Crippen LogP contribution >= 0.6 is 0 Å². The molecule has 1 aliphatic rings. The quantitative estimate of drug-likeness (QED) is 0.890. The normalized spacial score (nSPS) is 22.0. The minimum Gasteiger partial charge on any atom is -0.481 e. The fraction of sp³-hybridized carbons (Fsp3) is 0.667. The summed E-state index contributed by atoms with van der Waals surface area (Å²) in [6, 6.07) is 0. The predicted molar refractivity (Wildman–Crippen MR) is 77.6 cm³/mol. The summed E-state index contributed by atoms with van der Waals surface area (Å²) in [5.74, 6) is -0.0233. The van der Waals surface area contributed by atoms with Gasteiger partial charge in [0.15, 0.2) is 0 Å². The highest BCUT2D eigenvalue weighted by molar-refractivity contribution is 5.79. The van der Waals surface area contributed by atoms with Crippen LogP contribution in [0.25, 0.3) is 0 Å². The van der Waals surface area contributed by atoms with Crippen LogP contribution in [0, 0.1) is 24.7 Å². The number of likely N-dealkylation sites (tertiary alicyclic amines) is 1. The standard InChI is InChI=1S/C15H23N3O3/c1-10(2)12-8-18(9-13(12)15(20)21)14(19)4-6-17-7-5-16-11(17)3/h5,7,10,12-13H,4,6,8-9H2,1-3H3,(H,20,21)/t12-,13+/m1/s1. The average molecular weight is 293 g/mol. The summed E-state index contributed by atoms with van der Waals surface area (Å²) in [7, 11) is 0. The molecule has 0 spiro atoms. The average Bonchev–Trinajstić information content (AvgIpc) is 3.02. The molecule has 6 nitrogen and oxygen atoms in total. The van der Waals surface area contributed by atoms with Crippen LogP contribution in [-0.2, 0) is 16.1 Å². The third-order valence-corrected chi connectivity index (χ3v) is 4.38. The van der Waals surface area contributed by atoms with Gasteiger partial charge in [-0.3, -0.25) is 9.59 Å². The first-order valence-electron chi connectivity index (χ1n) is 7.38. The molecule has 1 amide bonds. The van der Waals surface area contributed by atoms with E-state index in [2.05, 4.69) is 4.98 Å². The van der Waals surface area contributed by atoms with Crippen molar-refractivity contribution in [2.75, 3.05) is 13.1 Å². The number of carbonyl (C=O) groups excluding carboxylic acids is 1. The molecule has 0 aromatic carbocycles. The van der Waals surface area contributed by atoms with Crippen molar-refractivity contribution in [3.63, 3.8) is 0 Å². The Balaban J connectivity index is 1.94. The first-order chi connectivity index (χ1) is 9.90. The van der Waals surface area contributed by atoms with E-state index < -0.39 is 11.9 Å². The number of aromatic nitrogens is 2. The van der Waals surface area contributed by atoms with Crippen molar-refractivity contribution in [3.05, 3.63) is 18.2 Å². The van der Waals surface area contributed by atoms with E-state index >= 15 is 0 Å². The minimum atomic E-state index is -0.797. The Bertz CT molecular complexity index is 524. The molecule has 1 aromatic heterocycles. The van der Waals surface area contributed by atoms with E-state index in [4.69, 9.17) is 0 Å². The molecule has 1 aliphatic heterocycles.